The van der Waals surface area contributed by atoms with Crippen LogP contribution in [0, 0.1) is 17.8 Å². The summed E-state index contributed by atoms with van der Waals surface area (Å²) in [5.74, 6) is 7.78. The number of nitrogens with one attached hydrogen (secondary N) is 1. The third-order valence-corrected chi connectivity index (χ3v) is 3.24. The molecule has 0 spiro atoms. The quantitative estimate of drug-likeness (QED) is 0.713. The predicted molar refractivity (Wildman–Crippen MR) is 75.5 cm³/mol. The Hall–Kier alpha value is -1.80. The molecule has 5 nitrogen and oxygen atoms in total. The minimum atomic E-state index is 0.0482. The lowest BCUT2D eigenvalue weighted by atomic mass is 10.1. The predicted octanol–water partition coefficient (Wildman–Crippen LogP) is 1.39. The topological polar surface area (TPSA) is 84.1 Å². The number of aliphatic hydroxyl groups excluding tert-OH is 1. The van der Waals surface area contributed by atoms with Crippen LogP contribution in [-0.2, 0) is 0 Å². The summed E-state index contributed by atoms with van der Waals surface area (Å²) in [5, 5.41) is 11.7. The van der Waals surface area contributed by atoms with Gasteiger partial charge in [-0.1, -0.05) is 18.8 Å². The van der Waals surface area contributed by atoms with Crippen molar-refractivity contribution in [2.45, 2.75) is 32.1 Å². The first kappa shape index (κ1) is 13.6. The molecule has 102 valence electrons. The van der Waals surface area contributed by atoms with Gasteiger partial charge in [0, 0.05) is 19.0 Å². The number of rotatable bonds is 4. The number of nitrogens with zero attached hydrogens (tertiary/aromatic N) is 2. The molecule has 0 amide bonds. The average Bonchev–Trinajstić information content (AvgIpc) is 2.89. The molecular weight excluding hydrogens is 240 g/mol. The van der Waals surface area contributed by atoms with E-state index in [1.165, 1.54) is 25.7 Å². The van der Waals surface area contributed by atoms with E-state index in [1.807, 2.05) is 0 Å². The summed E-state index contributed by atoms with van der Waals surface area (Å²) in [5.41, 5.74) is 6.26. The Kier molecular flexibility index (Phi) is 4.99. The lowest BCUT2D eigenvalue weighted by molar-refractivity contribution is 0.311. The van der Waals surface area contributed by atoms with Crippen molar-refractivity contribution in [3.8, 4) is 11.8 Å². The molecule has 1 aromatic heterocycles. The number of aliphatic hydroxyl groups is 1. The first-order chi connectivity index (χ1) is 9.28. The highest BCUT2D eigenvalue weighted by Crippen LogP contribution is 2.26. The molecule has 0 aromatic carbocycles. The van der Waals surface area contributed by atoms with Gasteiger partial charge in [-0.3, -0.25) is 0 Å². The first-order valence-electron chi connectivity index (χ1n) is 6.76. The molecule has 1 aliphatic carbocycles. The van der Waals surface area contributed by atoms with E-state index >= 15 is 0 Å². The number of hydrogen-bond acceptors (Lipinski definition) is 5. The maximum atomic E-state index is 8.76. The molecule has 5 heteroatoms. The third kappa shape index (κ3) is 4.42. The van der Waals surface area contributed by atoms with Gasteiger partial charge in [-0.2, -0.15) is 4.98 Å². The van der Waals surface area contributed by atoms with Crippen LogP contribution in [0.3, 0.4) is 0 Å². The van der Waals surface area contributed by atoms with Crippen LogP contribution in [0.1, 0.15) is 37.8 Å². The lowest BCUT2D eigenvalue weighted by Crippen LogP contribution is -2.09. The van der Waals surface area contributed by atoms with E-state index in [1.54, 1.807) is 6.07 Å². The Morgan fingerprint density at radius 2 is 2.16 bits per heavy atom. The fourth-order valence-electron chi connectivity index (χ4n) is 2.30. The lowest BCUT2D eigenvalue weighted by Gasteiger charge is -2.04. The molecule has 1 heterocycles. The van der Waals surface area contributed by atoms with Crippen LogP contribution in [0.4, 0.5) is 11.8 Å². The highest BCUT2D eigenvalue weighted by molar-refractivity contribution is 5.45. The Labute approximate surface area is 113 Å². The minimum Gasteiger partial charge on any atom is -0.395 e. The van der Waals surface area contributed by atoms with E-state index in [-0.39, 0.29) is 12.6 Å². The van der Waals surface area contributed by atoms with E-state index < -0.39 is 0 Å². The number of nitrogens with two attached hydrogens (primary N) is 1. The van der Waals surface area contributed by atoms with Crippen LogP contribution >= 0.6 is 0 Å². The van der Waals surface area contributed by atoms with Crippen molar-refractivity contribution in [2.75, 3.05) is 24.2 Å². The number of hydrogen-bond donors (Lipinski definition) is 3. The van der Waals surface area contributed by atoms with Gasteiger partial charge in [-0.25, -0.2) is 4.98 Å². The van der Waals surface area contributed by atoms with Crippen LogP contribution in [0.25, 0.3) is 0 Å². The zero-order valence-corrected chi connectivity index (χ0v) is 11.0. The largest absolute Gasteiger partial charge is 0.395 e. The molecule has 2 rings (SSSR count). The second kappa shape index (κ2) is 6.95. The number of anilines is 2. The van der Waals surface area contributed by atoms with Crippen molar-refractivity contribution < 1.29 is 5.11 Å². The van der Waals surface area contributed by atoms with Crippen LogP contribution in [-0.4, -0.2) is 28.2 Å². The molecule has 1 fully saturated rings. The average molecular weight is 260 g/mol. The normalized spacial score (nSPS) is 15.0. The first-order valence-corrected chi connectivity index (χ1v) is 6.76. The minimum absolute atomic E-state index is 0.0482. The van der Waals surface area contributed by atoms with Gasteiger partial charge in [0.15, 0.2) is 0 Å². The summed E-state index contributed by atoms with van der Waals surface area (Å²) in [6.45, 7) is 0.484. The maximum Gasteiger partial charge on any atom is 0.223 e. The molecule has 4 N–H and O–H groups in total. The van der Waals surface area contributed by atoms with Gasteiger partial charge < -0.3 is 16.2 Å². The smallest absolute Gasteiger partial charge is 0.223 e. The summed E-state index contributed by atoms with van der Waals surface area (Å²) in [6, 6.07) is 1.76. The zero-order chi connectivity index (χ0) is 13.5. The van der Waals surface area contributed by atoms with Crippen LogP contribution in [0.5, 0.6) is 0 Å². The molecule has 1 aromatic rings. The second-order valence-electron chi connectivity index (χ2n) is 4.80. The van der Waals surface area contributed by atoms with E-state index in [0.717, 1.165) is 12.3 Å². The van der Waals surface area contributed by atoms with Crippen molar-refractivity contribution >= 4 is 11.8 Å². The van der Waals surface area contributed by atoms with Crippen molar-refractivity contribution in [1.29, 1.82) is 0 Å². The van der Waals surface area contributed by atoms with E-state index in [2.05, 4.69) is 27.1 Å². The molecule has 0 saturated heterocycles. The molecule has 0 bridgehead atoms. The van der Waals surface area contributed by atoms with Crippen molar-refractivity contribution in [3.05, 3.63) is 11.8 Å². The molecule has 0 atom stereocenters. The Morgan fingerprint density at radius 1 is 1.37 bits per heavy atom. The number of aromatic nitrogens is 2. The monoisotopic (exact) mass is 260 g/mol. The van der Waals surface area contributed by atoms with Crippen LogP contribution in [0.15, 0.2) is 6.07 Å². The van der Waals surface area contributed by atoms with Crippen molar-refractivity contribution in [1.82, 2.24) is 9.97 Å². The summed E-state index contributed by atoms with van der Waals surface area (Å²) < 4.78 is 0. The molecule has 0 radical (unpaired) electrons. The Bertz CT molecular complexity index is 472. The maximum absolute atomic E-state index is 8.76. The molecule has 1 saturated carbocycles. The molecular formula is C14H20N4O. The second-order valence-corrected chi connectivity index (χ2v) is 4.80. The fraction of sp³-hybridized carbons (Fsp3) is 0.571. The summed E-state index contributed by atoms with van der Waals surface area (Å²) in [4.78, 5) is 8.13. The van der Waals surface area contributed by atoms with Crippen molar-refractivity contribution in [3.63, 3.8) is 0 Å². The molecule has 0 unspecified atom stereocenters. The SMILES string of the molecule is Nc1nc(C#CCC2CCCC2)cc(NCCO)n1. The highest BCUT2D eigenvalue weighted by Gasteiger charge is 2.12. The molecule has 0 aliphatic heterocycles. The van der Waals surface area contributed by atoms with Gasteiger partial charge in [0.25, 0.3) is 0 Å². The number of nitrogen functional groups attached to an aromatic ring is 1. The van der Waals surface area contributed by atoms with Gasteiger partial charge in [0.1, 0.15) is 11.5 Å². The van der Waals surface area contributed by atoms with E-state index in [4.69, 9.17) is 10.8 Å². The fourth-order valence-corrected chi connectivity index (χ4v) is 2.30. The van der Waals surface area contributed by atoms with Crippen LogP contribution < -0.4 is 11.1 Å². The van der Waals surface area contributed by atoms with Gasteiger partial charge in [0.2, 0.25) is 5.95 Å². The highest BCUT2D eigenvalue weighted by atomic mass is 16.3. The Morgan fingerprint density at radius 3 is 2.89 bits per heavy atom. The van der Waals surface area contributed by atoms with Gasteiger partial charge in [-0.05, 0) is 24.7 Å². The van der Waals surface area contributed by atoms with Gasteiger partial charge in [-0.15, -0.1) is 0 Å². The van der Waals surface area contributed by atoms with Gasteiger partial charge >= 0.3 is 0 Å². The summed E-state index contributed by atoms with van der Waals surface area (Å²) in [7, 11) is 0. The summed E-state index contributed by atoms with van der Waals surface area (Å²) in [6.07, 6.45) is 6.20. The third-order valence-electron chi connectivity index (χ3n) is 3.24. The zero-order valence-electron chi connectivity index (χ0n) is 11.0. The standard InChI is InChI=1S/C14H20N4O/c15-14-17-12(10-13(18-14)16-8-9-19)7-3-6-11-4-1-2-5-11/h10-11,19H,1-2,4-6,8-9H2,(H3,15,16,17,18). The Balaban J connectivity index is 1.98. The molecule has 1 aliphatic rings. The van der Waals surface area contributed by atoms with E-state index in [9.17, 15) is 0 Å². The van der Waals surface area contributed by atoms with Crippen molar-refractivity contribution in [2.24, 2.45) is 5.92 Å². The van der Waals surface area contributed by atoms with E-state index in [0.29, 0.717) is 18.1 Å². The summed E-state index contributed by atoms with van der Waals surface area (Å²) >= 11 is 0. The van der Waals surface area contributed by atoms with Crippen LogP contribution in [0.2, 0.25) is 0 Å². The van der Waals surface area contributed by atoms with Gasteiger partial charge in [0.05, 0.1) is 6.61 Å². The molecule has 19 heavy (non-hydrogen) atoms.